The maximum absolute atomic E-state index is 12.6. The fraction of sp³-hybridized carbons (Fsp3) is 0.263. The Kier molecular flexibility index (Phi) is 7.13. The van der Waals surface area contributed by atoms with E-state index in [-0.39, 0.29) is 11.4 Å². The van der Waals surface area contributed by atoms with Crippen LogP contribution in [0.1, 0.15) is 11.1 Å². The molecule has 0 aliphatic carbocycles. The number of hydrogen-bond acceptors (Lipinski definition) is 6. The minimum absolute atomic E-state index is 0.0821. The number of carbonyl (C=O) groups excluding carboxylic acids is 1. The van der Waals surface area contributed by atoms with Crippen LogP contribution >= 0.6 is 0 Å². The smallest absolute Gasteiger partial charge is 0.255 e. The molecule has 0 saturated heterocycles. The zero-order chi connectivity index (χ0) is 20.7. The van der Waals surface area contributed by atoms with Gasteiger partial charge in [0, 0.05) is 12.6 Å². The Bertz CT molecular complexity index is 973. The first kappa shape index (κ1) is 21.4. The Labute approximate surface area is 164 Å². The predicted octanol–water partition coefficient (Wildman–Crippen LogP) is 1.78. The summed E-state index contributed by atoms with van der Waals surface area (Å²) in [4.78, 5) is 12.1. The van der Waals surface area contributed by atoms with E-state index in [1.54, 1.807) is 25.1 Å². The topological polar surface area (TPSA) is 97.3 Å². The van der Waals surface area contributed by atoms with Crippen LogP contribution in [-0.2, 0) is 14.8 Å². The molecule has 9 heteroatoms. The molecule has 150 valence electrons. The van der Waals surface area contributed by atoms with Gasteiger partial charge in [-0.25, -0.2) is 13.8 Å². The molecular formula is C19H23N3O5S. The summed E-state index contributed by atoms with van der Waals surface area (Å²) < 4.78 is 36.6. The van der Waals surface area contributed by atoms with E-state index in [1.165, 1.54) is 39.6 Å². The monoisotopic (exact) mass is 405 g/mol. The molecule has 0 bridgehead atoms. The van der Waals surface area contributed by atoms with Gasteiger partial charge in [-0.15, -0.1) is 0 Å². The van der Waals surface area contributed by atoms with E-state index in [9.17, 15) is 13.2 Å². The van der Waals surface area contributed by atoms with E-state index in [0.717, 1.165) is 4.31 Å². The molecule has 8 nitrogen and oxygen atoms in total. The van der Waals surface area contributed by atoms with Crippen LogP contribution in [0.2, 0.25) is 0 Å². The SMILES string of the molecule is COc1ccc(S(=O)(=O)N(C)CC(=O)N/N=C\c2ccccc2OC)cc1C. The number of para-hydroxylation sites is 1. The van der Waals surface area contributed by atoms with E-state index in [2.05, 4.69) is 10.5 Å². The Morgan fingerprint density at radius 2 is 1.82 bits per heavy atom. The highest BCUT2D eigenvalue weighted by atomic mass is 32.2. The van der Waals surface area contributed by atoms with Crippen molar-refractivity contribution in [2.75, 3.05) is 27.8 Å². The number of sulfonamides is 1. The van der Waals surface area contributed by atoms with Crippen LogP contribution in [0, 0.1) is 6.92 Å². The number of rotatable bonds is 8. The van der Waals surface area contributed by atoms with Gasteiger partial charge in [0.2, 0.25) is 10.0 Å². The fourth-order valence-electron chi connectivity index (χ4n) is 2.46. The van der Waals surface area contributed by atoms with Crippen molar-refractivity contribution in [1.29, 1.82) is 0 Å². The molecule has 0 unspecified atom stereocenters. The van der Waals surface area contributed by atoms with Crippen molar-refractivity contribution in [3.05, 3.63) is 53.6 Å². The summed E-state index contributed by atoms with van der Waals surface area (Å²) in [6.45, 7) is 1.37. The Hall–Kier alpha value is -2.91. The summed E-state index contributed by atoms with van der Waals surface area (Å²) in [6, 6.07) is 11.7. The number of hydrogen-bond donors (Lipinski definition) is 1. The standard InChI is InChI=1S/C19H23N3O5S/c1-14-11-16(9-10-17(14)26-3)28(24,25)22(2)13-19(23)21-20-12-15-7-5-6-8-18(15)27-4/h5-12H,13H2,1-4H3,(H,21,23)/b20-12-. The predicted molar refractivity (Wildman–Crippen MR) is 106 cm³/mol. The quantitative estimate of drug-likeness (QED) is 0.533. The molecule has 0 aliphatic heterocycles. The number of benzene rings is 2. The summed E-state index contributed by atoms with van der Waals surface area (Å²) >= 11 is 0. The average molecular weight is 405 g/mol. The number of nitrogens with zero attached hydrogens (tertiary/aromatic N) is 2. The fourth-order valence-corrected chi connectivity index (χ4v) is 3.67. The van der Waals surface area contributed by atoms with Crippen molar-refractivity contribution in [3.8, 4) is 11.5 Å². The summed E-state index contributed by atoms with van der Waals surface area (Å²) in [6.07, 6.45) is 1.43. The maximum Gasteiger partial charge on any atom is 0.255 e. The summed E-state index contributed by atoms with van der Waals surface area (Å²) in [7, 11) is 0.554. The number of nitrogens with one attached hydrogen (secondary N) is 1. The highest BCUT2D eigenvalue weighted by Gasteiger charge is 2.23. The molecule has 0 saturated carbocycles. The number of ether oxygens (including phenoxy) is 2. The number of likely N-dealkylation sites (N-methyl/N-ethyl adjacent to an activating group) is 1. The third-order valence-electron chi connectivity index (χ3n) is 3.97. The lowest BCUT2D eigenvalue weighted by molar-refractivity contribution is -0.121. The van der Waals surface area contributed by atoms with Gasteiger partial charge in [-0.05, 0) is 42.8 Å². The first-order chi connectivity index (χ1) is 13.3. The Morgan fingerprint density at radius 3 is 2.46 bits per heavy atom. The number of aryl methyl sites for hydroxylation is 1. The van der Waals surface area contributed by atoms with Crippen LogP contribution in [0.25, 0.3) is 0 Å². The van der Waals surface area contributed by atoms with E-state index >= 15 is 0 Å². The summed E-state index contributed by atoms with van der Waals surface area (Å²) in [5.74, 6) is 0.627. The zero-order valence-corrected chi connectivity index (χ0v) is 17.0. The molecule has 2 aromatic rings. The van der Waals surface area contributed by atoms with E-state index in [1.807, 2.05) is 12.1 Å². The average Bonchev–Trinajstić information content (AvgIpc) is 2.68. The van der Waals surface area contributed by atoms with Gasteiger partial charge in [-0.3, -0.25) is 4.79 Å². The minimum atomic E-state index is -3.82. The van der Waals surface area contributed by atoms with Crippen LogP contribution in [-0.4, -0.2) is 52.7 Å². The van der Waals surface area contributed by atoms with Gasteiger partial charge in [0.25, 0.3) is 5.91 Å². The summed E-state index contributed by atoms with van der Waals surface area (Å²) in [5, 5.41) is 3.85. The molecule has 0 spiro atoms. The lowest BCUT2D eigenvalue weighted by Crippen LogP contribution is -2.36. The highest BCUT2D eigenvalue weighted by molar-refractivity contribution is 7.89. The van der Waals surface area contributed by atoms with Crippen molar-refractivity contribution in [1.82, 2.24) is 9.73 Å². The lowest BCUT2D eigenvalue weighted by atomic mass is 10.2. The third kappa shape index (κ3) is 5.08. The van der Waals surface area contributed by atoms with Crippen molar-refractivity contribution in [2.45, 2.75) is 11.8 Å². The lowest BCUT2D eigenvalue weighted by Gasteiger charge is -2.17. The molecular weight excluding hydrogens is 382 g/mol. The second-order valence-corrected chi connectivity index (χ2v) is 7.97. The largest absolute Gasteiger partial charge is 0.496 e. The van der Waals surface area contributed by atoms with Gasteiger partial charge in [-0.2, -0.15) is 9.41 Å². The molecule has 0 aromatic heterocycles. The third-order valence-corrected chi connectivity index (χ3v) is 5.77. The molecule has 1 amide bonds. The van der Waals surface area contributed by atoms with Crippen LogP contribution in [0.5, 0.6) is 11.5 Å². The molecule has 2 rings (SSSR count). The van der Waals surface area contributed by atoms with Crippen molar-refractivity contribution >= 4 is 22.1 Å². The van der Waals surface area contributed by atoms with Gasteiger partial charge < -0.3 is 9.47 Å². The second kappa shape index (κ2) is 9.34. The molecule has 0 aliphatic rings. The number of methoxy groups -OCH3 is 2. The first-order valence-corrected chi connectivity index (χ1v) is 9.79. The van der Waals surface area contributed by atoms with Gasteiger partial charge in [0.15, 0.2) is 0 Å². The zero-order valence-electron chi connectivity index (χ0n) is 16.2. The molecule has 2 aromatic carbocycles. The minimum Gasteiger partial charge on any atom is -0.496 e. The molecule has 0 atom stereocenters. The van der Waals surface area contributed by atoms with Gasteiger partial charge in [-0.1, -0.05) is 12.1 Å². The van der Waals surface area contributed by atoms with E-state index in [0.29, 0.717) is 22.6 Å². The Morgan fingerprint density at radius 1 is 1.14 bits per heavy atom. The highest BCUT2D eigenvalue weighted by Crippen LogP contribution is 2.23. The Balaban J connectivity index is 2.03. The molecule has 1 N–H and O–H groups in total. The van der Waals surface area contributed by atoms with Gasteiger partial charge in [0.05, 0.1) is 31.9 Å². The maximum atomic E-state index is 12.6. The van der Waals surface area contributed by atoms with E-state index < -0.39 is 15.9 Å². The van der Waals surface area contributed by atoms with Crippen molar-refractivity contribution in [2.24, 2.45) is 5.10 Å². The van der Waals surface area contributed by atoms with E-state index in [4.69, 9.17) is 9.47 Å². The molecule has 0 radical (unpaired) electrons. The summed E-state index contributed by atoms with van der Waals surface area (Å²) in [5.41, 5.74) is 3.68. The normalized spacial score (nSPS) is 11.6. The van der Waals surface area contributed by atoms with Crippen LogP contribution in [0.15, 0.2) is 52.5 Å². The van der Waals surface area contributed by atoms with Crippen molar-refractivity contribution < 1.29 is 22.7 Å². The molecule has 0 fully saturated rings. The first-order valence-electron chi connectivity index (χ1n) is 8.35. The van der Waals surface area contributed by atoms with Gasteiger partial charge >= 0.3 is 0 Å². The second-order valence-electron chi connectivity index (χ2n) is 5.93. The molecule has 0 heterocycles. The number of amides is 1. The van der Waals surface area contributed by atoms with Crippen molar-refractivity contribution in [3.63, 3.8) is 0 Å². The van der Waals surface area contributed by atoms with Crippen LogP contribution in [0.3, 0.4) is 0 Å². The number of hydrazone groups is 1. The number of carbonyl (C=O) groups is 1. The van der Waals surface area contributed by atoms with Crippen LogP contribution in [0.4, 0.5) is 0 Å². The van der Waals surface area contributed by atoms with Gasteiger partial charge in [0.1, 0.15) is 11.5 Å². The van der Waals surface area contributed by atoms with Crippen LogP contribution < -0.4 is 14.9 Å². The molecule has 28 heavy (non-hydrogen) atoms.